The molecule has 124 valence electrons. The first-order valence-corrected chi connectivity index (χ1v) is 9.32. The van der Waals surface area contributed by atoms with Crippen LogP contribution in [-0.4, -0.2) is 24.2 Å². The van der Waals surface area contributed by atoms with E-state index in [0.717, 1.165) is 29.2 Å². The summed E-state index contributed by atoms with van der Waals surface area (Å²) in [6.45, 7) is 2.21. The molecule has 0 bridgehead atoms. The molecule has 1 aromatic carbocycles. The maximum Gasteiger partial charge on any atom is 0.239 e. The lowest BCUT2D eigenvalue weighted by Gasteiger charge is -2.23. The van der Waals surface area contributed by atoms with Crippen LogP contribution in [0.2, 0.25) is 0 Å². The SMILES string of the molecule is CC(C#N)CSc1ccccc1NCC(=O)NC1CCCCC1. The largest absolute Gasteiger partial charge is 0.375 e. The second-order valence-electron chi connectivity index (χ2n) is 6.09. The molecule has 1 aliphatic carbocycles. The Morgan fingerprint density at radius 3 is 2.83 bits per heavy atom. The molecule has 0 aliphatic heterocycles. The highest BCUT2D eigenvalue weighted by atomic mass is 32.2. The molecule has 0 aromatic heterocycles. The number of carbonyl (C=O) groups excluding carboxylic acids is 1. The minimum absolute atomic E-state index is 0.0163. The molecule has 4 nitrogen and oxygen atoms in total. The first-order chi connectivity index (χ1) is 11.2. The second-order valence-corrected chi connectivity index (χ2v) is 7.16. The van der Waals surface area contributed by atoms with E-state index in [1.54, 1.807) is 11.8 Å². The van der Waals surface area contributed by atoms with Crippen LogP contribution in [0.3, 0.4) is 0 Å². The molecule has 1 fully saturated rings. The third-order valence-corrected chi connectivity index (χ3v) is 5.34. The number of nitrogens with zero attached hydrogens (tertiary/aromatic N) is 1. The molecule has 23 heavy (non-hydrogen) atoms. The van der Waals surface area contributed by atoms with Gasteiger partial charge >= 0.3 is 0 Å². The molecule has 5 heteroatoms. The van der Waals surface area contributed by atoms with E-state index in [1.165, 1.54) is 19.3 Å². The van der Waals surface area contributed by atoms with Crippen LogP contribution in [0, 0.1) is 17.2 Å². The molecular weight excluding hydrogens is 306 g/mol. The highest BCUT2D eigenvalue weighted by Gasteiger charge is 2.15. The Bertz CT molecular complexity index is 549. The van der Waals surface area contributed by atoms with Gasteiger partial charge in [0, 0.05) is 22.4 Å². The molecule has 1 amide bonds. The van der Waals surface area contributed by atoms with Crippen LogP contribution in [0.25, 0.3) is 0 Å². The van der Waals surface area contributed by atoms with Gasteiger partial charge in [0.1, 0.15) is 0 Å². The summed E-state index contributed by atoms with van der Waals surface area (Å²) in [7, 11) is 0. The number of amides is 1. The van der Waals surface area contributed by atoms with E-state index in [0.29, 0.717) is 12.6 Å². The van der Waals surface area contributed by atoms with Gasteiger partial charge in [-0.05, 0) is 31.9 Å². The maximum atomic E-state index is 12.1. The van der Waals surface area contributed by atoms with Gasteiger partial charge in [-0.25, -0.2) is 0 Å². The summed E-state index contributed by atoms with van der Waals surface area (Å²) in [5, 5.41) is 15.2. The number of hydrogen-bond donors (Lipinski definition) is 2. The zero-order chi connectivity index (χ0) is 16.5. The van der Waals surface area contributed by atoms with Gasteiger partial charge < -0.3 is 10.6 Å². The number of hydrogen-bond acceptors (Lipinski definition) is 4. The summed E-state index contributed by atoms with van der Waals surface area (Å²) in [6, 6.07) is 10.5. The molecule has 1 aromatic rings. The van der Waals surface area contributed by atoms with Gasteiger partial charge in [-0.15, -0.1) is 11.8 Å². The summed E-state index contributed by atoms with van der Waals surface area (Å²) < 4.78 is 0. The van der Waals surface area contributed by atoms with Crippen molar-refractivity contribution in [3.63, 3.8) is 0 Å². The number of rotatable bonds is 7. The summed E-state index contributed by atoms with van der Waals surface area (Å²) in [6.07, 6.45) is 5.93. The van der Waals surface area contributed by atoms with Gasteiger partial charge in [0.25, 0.3) is 0 Å². The van der Waals surface area contributed by atoms with Crippen molar-refractivity contribution in [2.75, 3.05) is 17.6 Å². The zero-order valence-corrected chi connectivity index (χ0v) is 14.5. The monoisotopic (exact) mass is 331 g/mol. The smallest absolute Gasteiger partial charge is 0.239 e. The number of para-hydroxylation sites is 1. The fourth-order valence-electron chi connectivity index (χ4n) is 2.69. The van der Waals surface area contributed by atoms with Gasteiger partial charge in [-0.1, -0.05) is 31.4 Å². The van der Waals surface area contributed by atoms with E-state index >= 15 is 0 Å². The number of benzene rings is 1. The van der Waals surface area contributed by atoms with Crippen molar-refractivity contribution in [2.24, 2.45) is 5.92 Å². The molecule has 2 rings (SSSR count). The average Bonchev–Trinajstić information content (AvgIpc) is 2.59. The Balaban J connectivity index is 1.82. The quantitative estimate of drug-likeness (QED) is 0.746. The van der Waals surface area contributed by atoms with Crippen molar-refractivity contribution in [1.29, 1.82) is 5.26 Å². The predicted molar refractivity (Wildman–Crippen MR) is 95.4 cm³/mol. The van der Waals surface area contributed by atoms with Crippen molar-refractivity contribution in [1.82, 2.24) is 5.32 Å². The highest BCUT2D eigenvalue weighted by Crippen LogP contribution is 2.28. The van der Waals surface area contributed by atoms with Crippen LogP contribution in [0.15, 0.2) is 29.2 Å². The van der Waals surface area contributed by atoms with E-state index in [4.69, 9.17) is 5.26 Å². The number of nitriles is 1. The minimum Gasteiger partial charge on any atom is -0.375 e. The molecule has 0 radical (unpaired) electrons. The Kier molecular flexibility index (Phi) is 7.28. The van der Waals surface area contributed by atoms with E-state index in [1.807, 2.05) is 31.2 Å². The molecule has 1 unspecified atom stereocenters. The first-order valence-electron chi connectivity index (χ1n) is 8.33. The summed E-state index contributed by atoms with van der Waals surface area (Å²) in [5.74, 6) is 0.827. The lowest BCUT2D eigenvalue weighted by atomic mass is 9.95. The minimum atomic E-state index is 0.0163. The van der Waals surface area contributed by atoms with E-state index in [-0.39, 0.29) is 11.8 Å². The Morgan fingerprint density at radius 1 is 1.35 bits per heavy atom. The second kappa shape index (κ2) is 9.46. The molecule has 0 spiro atoms. The summed E-state index contributed by atoms with van der Waals surface area (Å²) in [4.78, 5) is 13.2. The average molecular weight is 331 g/mol. The third-order valence-electron chi connectivity index (χ3n) is 4.01. The number of anilines is 1. The van der Waals surface area contributed by atoms with Gasteiger partial charge in [-0.2, -0.15) is 5.26 Å². The molecule has 0 heterocycles. The van der Waals surface area contributed by atoms with Crippen LogP contribution in [0.4, 0.5) is 5.69 Å². The van der Waals surface area contributed by atoms with Crippen LogP contribution in [0.5, 0.6) is 0 Å². The highest BCUT2D eigenvalue weighted by molar-refractivity contribution is 7.99. The van der Waals surface area contributed by atoms with Crippen LogP contribution >= 0.6 is 11.8 Å². The van der Waals surface area contributed by atoms with Gasteiger partial charge in [-0.3, -0.25) is 4.79 Å². The first kappa shape index (κ1) is 17.7. The van der Waals surface area contributed by atoms with Crippen molar-refractivity contribution >= 4 is 23.4 Å². The van der Waals surface area contributed by atoms with Crippen molar-refractivity contribution in [2.45, 2.75) is 50.0 Å². The Hall–Kier alpha value is -1.67. The molecule has 1 atom stereocenters. The van der Waals surface area contributed by atoms with Crippen molar-refractivity contribution < 1.29 is 4.79 Å². The fraction of sp³-hybridized carbons (Fsp3) is 0.556. The van der Waals surface area contributed by atoms with Crippen LogP contribution in [0.1, 0.15) is 39.0 Å². The van der Waals surface area contributed by atoms with Gasteiger partial charge in [0.05, 0.1) is 18.5 Å². The predicted octanol–water partition coefficient (Wildman–Crippen LogP) is 3.80. The van der Waals surface area contributed by atoms with Crippen molar-refractivity contribution in [3.8, 4) is 6.07 Å². The van der Waals surface area contributed by atoms with Crippen LogP contribution in [-0.2, 0) is 4.79 Å². The van der Waals surface area contributed by atoms with Gasteiger partial charge in [0.2, 0.25) is 5.91 Å². The maximum absolute atomic E-state index is 12.1. The summed E-state index contributed by atoms with van der Waals surface area (Å²) >= 11 is 1.65. The fourth-order valence-corrected chi connectivity index (χ4v) is 3.67. The number of carbonyl (C=O) groups is 1. The third kappa shape index (κ3) is 6.15. The van der Waals surface area contributed by atoms with Crippen LogP contribution < -0.4 is 10.6 Å². The Labute approximate surface area is 143 Å². The lowest BCUT2D eigenvalue weighted by molar-refractivity contribution is -0.120. The zero-order valence-electron chi connectivity index (χ0n) is 13.7. The molecule has 1 aliphatic rings. The molecular formula is C18H25N3OS. The van der Waals surface area contributed by atoms with E-state index in [9.17, 15) is 4.79 Å². The molecule has 2 N–H and O–H groups in total. The van der Waals surface area contributed by atoms with E-state index in [2.05, 4.69) is 16.7 Å². The topological polar surface area (TPSA) is 64.9 Å². The van der Waals surface area contributed by atoms with E-state index < -0.39 is 0 Å². The number of nitrogens with one attached hydrogen (secondary N) is 2. The standard InChI is InChI=1S/C18H25N3OS/c1-14(11-19)13-23-17-10-6-5-9-16(17)20-12-18(22)21-15-7-3-2-4-8-15/h5-6,9-10,14-15,20H,2-4,7-8,12-13H2,1H3,(H,21,22). The molecule has 1 saturated carbocycles. The van der Waals surface area contributed by atoms with Gasteiger partial charge in [0.15, 0.2) is 0 Å². The summed E-state index contributed by atoms with van der Waals surface area (Å²) in [5.41, 5.74) is 0.960. The van der Waals surface area contributed by atoms with Crippen molar-refractivity contribution in [3.05, 3.63) is 24.3 Å². The normalized spacial score (nSPS) is 16.3. The molecule has 0 saturated heterocycles. The number of thioether (sulfide) groups is 1. The lowest BCUT2D eigenvalue weighted by Crippen LogP contribution is -2.39. The Morgan fingerprint density at radius 2 is 2.09 bits per heavy atom.